The highest BCUT2D eigenvalue weighted by Crippen LogP contribution is 2.46. The summed E-state index contributed by atoms with van der Waals surface area (Å²) in [6.45, 7) is 18.7. The van der Waals surface area contributed by atoms with Crippen LogP contribution in [0.4, 0.5) is 0 Å². The topological polar surface area (TPSA) is 27.7 Å². The van der Waals surface area contributed by atoms with E-state index >= 15 is 0 Å². The van der Waals surface area contributed by atoms with E-state index in [4.69, 9.17) is 13.6 Å². The molecule has 0 atom stereocenters. The van der Waals surface area contributed by atoms with Gasteiger partial charge in [-0.05, 0) is 131 Å². The van der Waals surface area contributed by atoms with Crippen LogP contribution < -0.4 is 13.6 Å². The predicted molar refractivity (Wildman–Crippen MR) is 131 cm³/mol. The van der Waals surface area contributed by atoms with E-state index in [1.807, 2.05) is 18.2 Å². The van der Waals surface area contributed by atoms with Crippen LogP contribution in [0.25, 0.3) is 0 Å². The van der Waals surface area contributed by atoms with Gasteiger partial charge in [-0.3, -0.25) is 0 Å². The summed E-state index contributed by atoms with van der Waals surface area (Å²) in [7, 11) is -1.71. The lowest BCUT2D eigenvalue weighted by molar-refractivity contribution is 0.384. The third-order valence-corrected chi connectivity index (χ3v) is 6.85. The third-order valence-electron chi connectivity index (χ3n) is 5.81. The van der Waals surface area contributed by atoms with E-state index in [0.29, 0.717) is 0 Å². The molecule has 0 radical (unpaired) electrons. The molecule has 3 aromatic carbocycles. The van der Waals surface area contributed by atoms with Crippen LogP contribution in [0.15, 0.2) is 36.4 Å². The van der Waals surface area contributed by atoms with Gasteiger partial charge in [0.15, 0.2) is 0 Å². The van der Waals surface area contributed by atoms with E-state index in [-0.39, 0.29) is 0 Å². The van der Waals surface area contributed by atoms with Crippen molar-refractivity contribution < 1.29 is 13.6 Å². The zero-order valence-electron chi connectivity index (χ0n) is 20.1. The molecule has 3 nitrogen and oxygen atoms in total. The molecule has 0 bridgehead atoms. The molecule has 3 aromatic rings. The van der Waals surface area contributed by atoms with Gasteiger partial charge < -0.3 is 13.6 Å². The van der Waals surface area contributed by atoms with Crippen LogP contribution in [-0.2, 0) is 0 Å². The Kier molecular flexibility index (Phi) is 6.96. The van der Waals surface area contributed by atoms with Crippen molar-refractivity contribution in [3.8, 4) is 17.2 Å². The van der Waals surface area contributed by atoms with Gasteiger partial charge in [-0.25, -0.2) is 0 Å². The number of hydrogen-bond donors (Lipinski definition) is 0. The smallest absolute Gasteiger partial charge is 0.408 e. The van der Waals surface area contributed by atoms with Crippen molar-refractivity contribution >= 4 is 8.60 Å². The van der Waals surface area contributed by atoms with E-state index < -0.39 is 8.60 Å². The summed E-state index contributed by atoms with van der Waals surface area (Å²) in [5.74, 6) is 2.40. The molecule has 0 aliphatic heterocycles. The highest BCUT2D eigenvalue weighted by molar-refractivity contribution is 7.43. The fourth-order valence-corrected chi connectivity index (χ4v) is 4.75. The van der Waals surface area contributed by atoms with Crippen LogP contribution in [0.2, 0.25) is 0 Å². The van der Waals surface area contributed by atoms with Gasteiger partial charge in [-0.15, -0.1) is 0 Å². The minimum atomic E-state index is -1.71. The maximum atomic E-state index is 6.40. The third kappa shape index (κ3) is 5.40. The molecule has 0 saturated carbocycles. The normalized spacial score (nSPS) is 11.0. The first-order valence-electron chi connectivity index (χ1n) is 10.6. The average Bonchev–Trinajstić information content (AvgIpc) is 2.67. The summed E-state index contributed by atoms with van der Waals surface area (Å²) < 4.78 is 19.2. The average molecular weight is 437 g/mol. The Hall–Kier alpha value is -2.51. The molecule has 0 aliphatic carbocycles. The quantitative estimate of drug-likeness (QED) is 0.364. The molecule has 0 aromatic heterocycles. The fraction of sp³-hybridized carbons (Fsp3) is 0.333. The van der Waals surface area contributed by atoms with E-state index in [1.54, 1.807) is 0 Å². The Bertz CT molecular complexity index is 977. The molecule has 0 fully saturated rings. The van der Waals surface area contributed by atoms with Crippen LogP contribution in [-0.4, -0.2) is 0 Å². The number of aryl methyl sites for hydroxylation is 6. The largest absolute Gasteiger partial charge is 0.530 e. The van der Waals surface area contributed by atoms with Crippen LogP contribution in [0.1, 0.15) is 50.1 Å². The van der Waals surface area contributed by atoms with Gasteiger partial charge in [-0.1, -0.05) is 18.2 Å². The maximum Gasteiger partial charge on any atom is 0.530 e. The van der Waals surface area contributed by atoms with Crippen molar-refractivity contribution in [2.24, 2.45) is 0 Å². The molecule has 3 rings (SSSR count). The number of rotatable bonds is 6. The first kappa shape index (κ1) is 23.2. The van der Waals surface area contributed by atoms with E-state index in [0.717, 1.165) is 50.6 Å². The monoisotopic (exact) mass is 436 g/mol. The van der Waals surface area contributed by atoms with Crippen molar-refractivity contribution in [3.63, 3.8) is 0 Å². The second-order valence-electron chi connectivity index (χ2n) is 8.61. The first-order chi connectivity index (χ1) is 14.5. The molecule has 0 aliphatic rings. The lowest BCUT2D eigenvalue weighted by Gasteiger charge is -2.22. The molecule has 0 unspecified atom stereocenters. The Labute approximate surface area is 188 Å². The van der Waals surface area contributed by atoms with Gasteiger partial charge in [0.05, 0.1) is 0 Å². The van der Waals surface area contributed by atoms with E-state index in [1.165, 1.54) is 16.7 Å². The first-order valence-corrected chi connectivity index (χ1v) is 11.7. The highest BCUT2D eigenvalue weighted by Gasteiger charge is 2.24. The standard InChI is InChI=1S/C27H33O3P/c1-16-10-19(4)22(7)25(13-16)28-31(29-26-14-17(2)11-20(5)23(26)8)30-27-15-18(3)12-21(6)24(27)9/h10-15H,1-9H3. The summed E-state index contributed by atoms with van der Waals surface area (Å²) in [6.07, 6.45) is 0. The zero-order chi connectivity index (χ0) is 22.9. The second kappa shape index (κ2) is 9.32. The molecule has 4 heteroatoms. The SMILES string of the molecule is Cc1cc(C)c(C)c(OP(Oc2cc(C)cc(C)c2C)Oc2cc(C)cc(C)c2C)c1. The number of benzene rings is 3. The molecule has 0 heterocycles. The van der Waals surface area contributed by atoms with Crippen molar-refractivity contribution in [3.05, 3.63) is 86.5 Å². The summed E-state index contributed by atoms with van der Waals surface area (Å²) in [6, 6.07) is 12.6. The summed E-state index contributed by atoms with van der Waals surface area (Å²) in [5, 5.41) is 0. The Morgan fingerprint density at radius 1 is 0.419 bits per heavy atom. The van der Waals surface area contributed by atoms with Gasteiger partial charge in [0.1, 0.15) is 17.2 Å². The van der Waals surface area contributed by atoms with Crippen LogP contribution in [0, 0.1) is 62.3 Å². The number of hydrogen-bond acceptors (Lipinski definition) is 3. The van der Waals surface area contributed by atoms with Crippen LogP contribution in [0.3, 0.4) is 0 Å². The maximum absolute atomic E-state index is 6.40. The fourth-order valence-electron chi connectivity index (χ4n) is 3.58. The molecular weight excluding hydrogens is 403 g/mol. The molecule has 0 amide bonds. The van der Waals surface area contributed by atoms with Gasteiger partial charge in [0.25, 0.3) is 0 Å². The van der Waals surface area contributed by atoms with Gasteiger partial charge in [0, 0.05) is 0 Å². The Morgan fingerprint density at radius 3 is 0.935 bits per heavy atom. The van der Waals surface area contributed by atoms with Gasteiger partial charge >= 0.3 is 8.60 Å². The van der Waals surface area contributed by atoms with Crippen molar-refractivity contribution in [1.82, 2.24) is 0 Å². The predicted octanol–water partition coefficient (Wildman–Crippen LogP) is 8.23. The van der Waals surface area contributed by atoms with E-state index in [9.17, 15) is 0 Å². The molecule has 31 heavy (non-hydrogen) atoms. The van der Waals surface area contributed by atoms with Crippen molar-refractivity contribution in [2.45, 2.75) is 62.3 Å². The second-order valence-corrected chi connectivity index (χ2v) is 9.61. The summed E-state index contributed by atoms with van der Waals surface area (Å²) in [5.41, 5.74) is 10.3. The summed E-state index contributed by atoms with van der Waals surface area (Å²) in [4.78, 5) is 0. The highest BCUT2D eigenvalue weighted by atomic mass is 31.2. The summed E-state index contributed by atoms with van der Waals surface area (Å²) >= 11 is 0. The lowest BCUT2D eigenvalue weighted by Crippen LogP contribution is -2.06. The lowest BCUT2D eigenvalue weighted by atomic mass is 10.1. The van der Waals surface area contributed by atoms with E-state index in [2.05, 4.69) is 80.5 Å². The minimum absolute atomic E-state index is 0.799. The Morgan fingerprint density at radius 2 is 0.677 bits per heavy atom. The van der Waals surface area contributed by atoms with Crippen LogP contribution in [0.5, 0.6) is 17.2 Å². The van der Waals surface area contributed by atoms with Crippen molar-refractivity contribution in [2.75, 3.05) is 0 Å². The van der Waals surface area contributed by atoms with Gasteiger partial charge in [0.2, 0.25) is 0 Å². The molecule has 0 saturated heterocycles. The minimum Gasteiger partial charge on any atom is -0.408 e. The van der Waals surface area contributed by atoms with Crippen LogP contribution >= 0.6 is 8.60 Å². The molecule has 164 valence electrons. The Balaban J connectivity index is 2.02. The zero-order valence-corrected chi connectivity index (χ0v) is 21.0. The molecule has 0 spiro atoms. The van der Waals surface area contributed by atoms with Gasteiger partial charge in [-0.2, -0.15) is 0 Å². The molecular formula is C27H33O3P. The van der Waals surface area contributed by atoms with Crippen molar-refractivity contribution in [1.29, 1.82) is 0 Å². The molecule has 0 N–H and O–H groups in total.